The van der Waals surface area contributed by atoms with Crippen molar-refractivity contribution in [2.45, 2.75) is 4.90 Å². The number of azo groups is 1. The number of rotatable bonds is 4. The van der Waals surface area contributed by atoms with Crippen LogP contribution in [0.5, 0.6) is 5.75 Å². The summed E-state index contributed by atoms with van der Waals surface area (Å²) in [5.74, 6) is -0.0890. The molecule has 0 unspecified atom stereocenters. The van der Waals surface area contributed by atoms with Crippen molar-refractivity contribution in [1.82, 2.24) is 4.98 Å². The first-order valence-corrected chi connectivity index (χ1v) is 8.55. The molecule has 8 nitrogen and oxygen atoms in total. The number of aromatic nitrogens is 1. The Morgan fingerprint density at radius 3 is 2.60 bits per heavy atom. The summed E-state index contributed by atoms with van der Waals surface area (Å²) in [5.41, 5.74) is 1.10. The summed E-state index contributed by atoms with van der Waals surface area (Å²) >= 11 is 0. The van der Waals surface area contributed by atoms with E-state index in [0.717, 1.165) is 0 Å². The van der Waals surface area contributed by atoms with Gasteiger partial charge in [-0.25, -0.2) is 18.5 Å². The van der Waals surface area contributed by atoms with Crippen LogP contribution in [-0.4, -0.2) is 24.8 Å². The van der Waals surface area contributed by atoms with Gasteiger partial charge in [-0.1, -0.05) is 6.07 Å². The van der Waals surface area contributed by atoms with Crippen LogP contribution in [0.2, 0.25) is 0 Å². The second kappa shape index (κ2) is 6.38. The SMILES string of the molecule is NS(=O)(=O)c1cccc(N=Nc2ccc(O)c3nc(C=O)ccc23)c1. The summed E-state index contributed by atoms with van der Waals surface area (Å²) < 4.78 is 22.7. The molecule has 25 heavy (non-hydrogen) atoms. The molecule has 0 radical (unpaired) electrons. The predicted octanol–water partition coefficient (Wildman–Crippen LogP) is 2.82. The largest absolute Gasteiger partial charge is 0.506 e. The quantitative estimate of drug-likeness (QED) is 0.547. The lowest BCUT2D eigenvalue weighted by Gasteiger charge is -2.04. The number of aldehydes is 1. The van der Waals surface area contributed by atoms with Crippen molar-refractivity contribution in [2.24, 2.45) is 15.4 Å². The minimum Gasteiger partial charge on any atom is -0.506 e. The average molecular weight is 356 g/mol. The van der Waals surface area contributed by atoms with E-state index in [0.29, 0.717) is 23.0 Å². The Morgan fingerprint density at radius 1 is 1.08 bits per heavy atom. The maximum absolute atomic E-state index is 11.4. The Kier molecular flexibility index (Phi) is 4.26. The highest BCUT2D eigenvalue weighted by Gasteiger charge is 2.09. The molecule has 126 valence electrons. The molecule has 0 fully saturated rings. The molecule has 0 saturated heterocycles. The number of carbonyl (C=O) groups is 1. The summed E-state index contributed by atoms with van der Waals surface area (Å²) in [7, 11) is -3.83. The normalized spacial score (nSPS) is 11.9. The lowest BCUT2D eigenvalue weighted by molar-refractivity contribution is 0.111. The molecule has 0 atom stereocenters. The van der Waals surface area contributed by atoms with E-state index in [4.69, 9.17) is 5.14 Å². The van der Waals surface area contributed by atoms with E-state index < -0.39 is 10.0 Å². The average Bonchev–Trinajstić information content (AvgIpc) is 2.60. The first kappa shape index (κ1) is 16.7. The number of phenols is 1. The van der Waals surface area contributed by atoms with E-state index in [1.807, 2.05) is 0 Å². The third-order valence-corrected chi connectivity index (χ3v) is 4.29. The van der Waals surface area contributed by atoms with Crippen LogP contribution >= 0.6 is 0 Å². The van der Waals surface area contributed by atoms with Gasteiger partial charge in [0.1, 0.15) is 17.0 Å². The number of pyridine rings is 1. The number of carbonyl (C=O) groups excluding carboxylic acids is 1. The minimum absolute atomic E-state index is 0.0724. The minimum atomic E-state index is -3.83. The van der Waals surface area contributed by atoms with Gasteiger partial charge in [0.05, 0.1) is 16.3 Å². The molecule has 0 aliphatic heterocycles. The molecule has 0 saturated carbocycles. The van der Waals surface area contributed by atoms with Crippen molar-refractivity contribution < 1.29 is 18.3 Å². The van der Waals surface area contributed by atoms with Crippen LogP contribution in [-0.2, 0) is 10.0 Å². The van der Waals surface area contributed by atoms with Gasteiger partial charge in [-0.15, -0.1) is 5.11 Å². The van der Waals surface area contributed by atoms with Gasteiger partial charge in [-0.2, -0.15) is 5.11 Å². The molecule has 0 bridgehead atoms. The third-order valence-electron chi connectivity index (χ3n) is 3.37. The molecular weight excluding hydrogens is 344 g/mol. The highest BCUT2D eigenvalue weighted by Crippen LogP contribution is 2.32. The third kappa shape index (κ3) is 3.52. The van der Waals surface area contributed by atoms with E-state index in [1.165, 1.54) is 36.4 Å². The molecular formula is C16H12N4O4S. The van der Waals surface area contributed by atoms with Gasteiger partial charge in [-0.3, -0.25) is 4.79 Å². The van der Waals surface area contributed by atoms with Crippen molar-refractivity contribution in [3.8, 4) is 5.75 Å². The summed E-state index contributed by atoms with van der Waals surface area (Å²) in [6, 6.07) is 11.7. The summed E-state index contributed by atoms with van der Waals surface area (Å²) in [6.07, 6.45) is 0.575. The molecule has 9 heteroatoms. The number of phenolic OH excluding ortho intramolecular Hbond substituents is 1. The fourth-order valence-electron chi connectivity index (χ4n) is 2.19. The second-order valence-corrected chi connectivity index (χ2v) is 6.66. The molecule has 3 aromatic rings. The van der Waals surface area contributed by atoms with Crippen molar-refractivity contribution in [2.75, 3.05) is 0 Å². The van der Waals surface area contributed by atoms with E-state index >= 15 is 0 Å². The van der Waals surface area contributed by atoms with Crippen LogP contribution in [0.1, 0.15) is 10.5 Å². The smallest absolute Gasteiger partial charge is 0.238 e. The molecule has 1 heterocycles. The van der Waals surface area contributed by atoms with Crippen LogP contribution in [0.4, 0.5) is 11.4 Å². The molecule has 0 amide bonds. The second-order valence-electron chi connectivity index (χ2n) is 5.10. The maximum Gasteiger partial charge on any atom is 0.238 e. The van der Waals surface area contributed by atoms with Crippen LogP contribution in [0.25, 0.3) is 10.9 Å². The fraction of sp³-hybridized carbons (Fsp3) is 0. The van der Waals surface area contributed by atoms with Gasteiger partial charge in [0.2, 0.25) is 10.0 Å². The Hall–Kier alpha value is -3.17. The van der Waals surface area contributed by atoms with Crippen LogP contribution in [0.15, 0.2) is 63.7 Å². The summed E-state index contributed by atoms with van der Waals surface area (Å²) in [5, 5.41) is 23.6. The molecule has 0 aliphatic carbocycles. The van der Waals surface area contributed by atoms with E-state index in [1.54, 1.807) is 12.1 Å². The molecule has 2 aromatic carbocycles. The number of benzene rings is 2. The topological polar surface area (TPSA) is 135 Å². The number of hydrogen-bond donors (Lipinski definition) is 2. The number of fused-ring (bicyclic) bond motifs is 1. The molecule has 0 aliphatic rings. The number of aromatic hydroxyl groups is 1. The number of hydrogen-bond acceptors (Lipinski definition) is 7. The summed E-state index contributed by atoms with van der Waals surface area (Å²) in [6.45, 7) is 0. The van der Waals surface area contributed by atoms with Gasteiger partial charge >= 0.3 is 0 Å². The van der Waals surface area contributed by atoms with Gasteiger partial charge in [0, 0.05) is 5.39 Å². The predicted molar refractivity (Wildman–Crippen MR) is 90.8 cm³/mol. The number of nitrogens with two attached hydrogens (primary N) is 1. The lowest BCUT2D eigenvalue weighted by Crippen LogP contribution is -2.11. The van der Waals surface area contributed by atoms with E-state index in [2.05, 4.69) is 15.2 Å². The van der Waals surface area contributed by atoms with E-state index in [-0.39, 0.29) is 21.9 Å². The Labute approximate surface area is 142 Å². The highest BCUT2D eigenvalue weighted by atomic mass is 32.2. The number of nitrogens with zero attached hydrogens (tertiary/aromatic N) is 3. The molecule has 3 rings (SSSR count). The van der Waals surface area contributed by atoms with Crippen LogP contribution < -0.4 is 5.14 Å². The first-order chi connectivity index (χ1) is 11.9. The Morgan fingerprint density at radius 2 is 1.88 bits per heavy atom. The van der Waals surface area contributed by atoms with Gasteiger partial charge in [0.25, 0.3) is 0 Å². The lowest BCUT2D eigenvalue weighted by atomic mass is 10.1. The number of primary sulfonamides is 1. The Balaban J connectivity index is 2.05. The zero-order valence-corrected chi connectivity index (χ0v) is 13.5. The monoisotopic (exact) mass is 356 g/mol. The van der Waals surface area contributed by atoms with E-state index in [9.17, 15) is 18.3 Å². The summed E-state index contributed by atoms with van der Waals surface area (Å²) in [4.78, 5) is 14.8. The standard InChI is InChI=1S/C16H12N4O4S/c17-25(23,24)12-3-1-2-10(8-12)19-20-14-6-7-15(22)16-13(14)5-4-11(9-21)18-16/h1-9,22H,(H2,17,23,24). The molecule has 0 spiro atoms. The van der Waals surface area contributed by atoms with Gasteiger partial charge < -0.3 is 5.11 Å². The highest BCUT2D eigenvalue weighted by molar-refractivity contribution is 7.89. The van der Waals surface area contributed by atoms with Crippen LogP contribution in [0.3, 0.4) is 0 Å². The zero-order chi connectivity index (χ0) is 18.0. The van der Waals surface area contributed by atoms with Crippen molar-refractivity contribution >= 4 is 38.6 Å². The molecule has 3 N–H and O–H groups in total. The van der Waals surface area contributed by atoms with Crippen molar-refractivity contribution in [1.29, 1.82) is 0 Å². The first-order valence-electron chi connectivity index (χ1n) is 7.01. The van der Waals surface area contributed by atoms with Gasteiger partial charge in [0.15, 0.2) is 6.29 Å². The van der Waals surface area contributed by atoms with Crippen molar-refractivity contribution in [3.63, 3.8) is 0 Å². The zero-order valence-electron chi connectivity index (χ0n) is 12.7. The van der Waals surface area contributed by atoms with Crippen LogP contribution in [0, 0.1) is 0 Å². The molecule has 1 aromatic heterocycles. The maximum atomic E-state index is 11.4. The number of sulfonamides is 1. The fourth-order valence-corrected chi connectivity index (χ4v) is 2.74. The van der Waals surface area contributed by atoms with Crippen molar-refractivity contribution in [3.05, 3.63) is 54.2 Å². The van der Waals surface area contributed by atoms with Gasteiger partial charge in [-0.05, 0) is 42.5 Å². The Bertz CT molecular complexity index is 1110.